The van der Waals surface area contributed by atoms with Gasteiger partial charge in [0, 0.05) is 12.3 Å². The minimum Gasteiger partial charge on any atom is -0.508 e. The summed E-state index contributed by atoms with van der Waals surface area (Å²) in [5.41, 5.74) is 4.29. The highest BCUT2D eigenvalue weighted by atomic mass is 16.3. The molecule has 0 bridgehead atoms. The van der Waals surface area contributed by atoms with Crippen molar-refractivity contribution >= 4 is 5.71 Å². The normalized spacial score (nSPS) is 11.6. The monoisotopic (exact) mass is 272 g/mol. The van der Waals surface area contributed by atoms with Gasteiger partial charge in [0.2, 0.25) is 0 Å². The number of aliphatic imine (C=N–C) groups is 1. The highest BCUT2D eigenvalue weighted by Gasteiger charge is 2.02. The molecule has 0 amide bonds. The Bertz CT molecular complexity index is 520. The van der Waals surface area contributed by atoms with E-state index in [4.69, 9.17) is 0 Å². The first-order valence-corrected chi connectivity index (χ1v) is 6.80. The third-order valence-corrected chi connectivity index (χ3v) is 2.97. The molecule has 2 N–H and O–H groups in total. The van der Waals surface area contributed by atoms with Crippen molar-refractivity contribution in [1.82, 2.24) is 5.32 Å². The third kappa shape index (κ3) is 5.31. The molecule has 0 unspecified atom stereocenters. The maximum absolute atomic E-state index is 9.25. The van der Waals surface area contributed by atoms with Crippen LogP contribution in [-0.4, -0.2) is 17.4 Å². The molecule has 0 atom stereocenters. The molecule has 108 valence electrons. The molecule has 0 aliphatic carbocycles. The average Bonchev–Trinajstić information content (AvgIpc) is 2.38. The smallest absolute Gasteiger partial charge is 0.128 e. The topological polar surface area (TPSA) is 44.6 Å². The summed E-state index contributed by atoms with van der Waals surface area (Å²) in [7, 11) is 0. The zero-order valence-electron chi connectivity index (χ0n) is 12.8. The van der Waals surface area contributed by atoms with Crippen LogP contribution < -0.4 is 5.32 Å². The van der Waals surface area contributed by atoms with Crippen molar-refractivity contribution in [2.45, 2.75) is 34.1 Å². The maximum Gasteiger partial charge on any atom is 0.128 e. The number of aromatic hydroxyl groups is 1. The second-order valence-electron chi connectivity index (χ2n) is 5.16. The van der Waals surface area contributed by atoms with Gasteiger partial charge in [-0.25, -0.2) is 4.99 Å². The van der Waals surface area contributed by atoms with E-state index in [-0.39, 0.29) is 0 Å². The van der Waals surface area contributed by atoms with Crippen molar-refractivity contribution in [3.63, 3.8) is 0 Å². The van der Waals surface area contributed by atoms with Crippen molar-refractivity contribution in [1.29, 1.82) is 0 Å². The van der Waals surface area contributed by atoms with Crippen LogP contribution in [0.2, 0.25) is 0 Å². The van der Waals surface area contributed by atoms with Crippen LogP contribution in [0.25, 0.3) is 0 Å². The molecule has 0 spiro atoms. The number of nitrogens with one attached hydrogen (secondary N) is 1. The van der Waals surface area contributed by atoms with Gasteiger partial charge in [-0.15, -0.1) is 0 Å². The zero-order chi connectivity index (χ0) is 15.1. The Morgan fingerprint density at radius 1 is 1.15 bits per heavy atom. The SMILES string of the molecule is C=C(C)/C(C)=C(\N=C(C)C)NCCc1ccc(O)cc1. The predicted octanol–water partition coefficient (Wildman–Crippen LogP) is 3.81. The van der Waals surface area contributed by atoms with Gasteiger partial charge in [0.05, 0.1) is 0 Å². The fraction of sp³-hybridized carbons (Fsp3) is 0.353. The number of rotatable bonds is 6. The van der Waals surface area contributed by atoms with Crippen molar-refractivity contribution in [2.24, 2.45) is 4.99 Å². The summed E-state index contributed by atoms with van der Waals surface area (Å²) < 4.78 is 0. The number of allylic oxidation sites excluding steroid dienone is 2. The van der Waals surface area contributed by atoms with Gasteiger partial charge < -0.3 is 10.4 Å². The number of benzene rings is 1. The van der Waals surface area contributed by atoms with E-state index in [2.05, 4.69) is 16.9 Å². The van der Waals surface area contributed by atoms with Gasteiger partial charge in [-0.05, 0) is 57.4 Å². The molecule has 1 rings (SSSR count). The lowest BCUT2D eigenvalue weighted by Gasteiger charge is -2.12. The van der Waals surface area contributed by atoms with Crippen LogP contribution in [-0.2, 0) is 6.42 Å². The van der Waals surface area contributed by atoms with E-state index in [0.29, 0.717) is 5.75 Å². The van der Waals surface area contributed by atoms with Gasteiger partial charge in [-0.1, -0.05) is 24.3 Å². The lowest BCUT2D eigenvalue weighted by atomic mass is 10.1. The number of phenolic OH excluding ortho intramolecular Hbond substituents is 1. The molecule has 0 radical (unpaired) electrons. The highest BCUT2D eigenvalue weighted by Crippen LogP contribution is 2.13. The summed E-state index contributed by atoms with van der Waals surface area (Å²) in [5.74, 6) is 1.18. The minimum atomic E-state index is 0.298. The molecular weight excluding hydrogens is 248 g/mol. The van der Waals surface area contributed by atoms with Gasteiger partial charge in [-0.3, -0.25) is 0 Å². The molecule has 0 aliphatic rings. The summed E-state index contributed by atoms with van der Waals surface area (Å²) in [5, 5.41) is 12.6. The second kappa shape index (κ2) is 7.53. The largest absolute Gasteiger partial charge is 0.508 e. The van der Waals surface area contributed by atoms with Crippen LogP contribution in [0, 0.1) is 0 Å². The standard InChI is InChI=1S/C17H24N2O/c1-12(2)14(5)17(19-13(3)4)18-11-10-15-6-8-16(20)9-7-15/h6-9,18,20H,1,10-11H2,2-5H3/b17-14-. The summed E-state index contributed by atoms with van der Waals surface area (Å²) in [6, 6.07) is 7.28. The van der Waals surface area contributed by atoms with E-state index < -0.39 is 0 Å². The molecule has 1 aromatic rings. The van der Waals surface area contributed by atoms with Crippen LogP contribution in [0.1, 0.15) is 33.3 Å². The van der Waals surface area contributed by atoms with E-state index in [9.17, 15) is 5.11 Å². The maximum atomic E-state index is 9.25. The van der Waals surface area contributed by atoms with Crippen LogP contribution >= 0.6 is 0 Å². The first kappa shape index (κ1) is 16.0. The highest BCUT2D eigenvalue weighted by molar-refractivity contribution is 5.80. The van der Waals surface area contributed by atoms with Gasteiger partial charge in [0.25, 0.3) is 0 Å². The van der Waals surface area contributed by atoms with E-state index in [1.165, 1.54) is 5.56 Å². The first-order valence-electron chi connectivity index (χ1n) is 6.80. The third-order valence-electron chi connectivity index (χ3n) is 2.97. The summed E-state index contributed by atoms with van der Waals surface area (Å²) in [6.45, 7) is 12.7. The summed E-state index contributed by atoms with van der Waals surface area (Å²) in [6.07, 6.45) is 0.880. The summed E-state index contributed by atoms with van der Waals surface area (Å²) >= 11 is 0. The number of hydrogen-bond acceptors (Lipinski definition) is 3. The Hall–Kier alpha value is -2.03. The van der Waals surface area contributed by atoms with E-state index in [1.807, 2.05) is 39.8 Å². The number of nitrogens with zero attached hydrogens (tertiary/aromatic N) is 1. The second-order valence-corrected chi connectivity index (χ2v) is 5.16. The number of hydrogen-bond donors (Lipinski definition) is 2. The first-order chi connectivity index (χ1) is 9.40. The van der Waals surface area contributed by atoms with Crippen molar-refractivity contribution in [3.05, 3.63) is 53.4 Å². The summed E-state index contributed by atoms with van der Waals surface area (Å²) in [4.78, 5) is 4.53. The van der Waals surface area contributed by atoms with Gasteiger partial charge in [0.1, 0.15) is 11.6 Å². The van der Waals surface area contributed by atoms with Gasteiger partial charge >= 0.3 is 0 Å². The molecule has 0 aliphatic heterocycles. The molecular formula is C17H24N2O. The van der Waals surface area contributed by atoms with Crippen LogP contribution in [0.3, 0.4) is 0 Å². The van der Waals surface area contributed by atoms with Crippen LogP contribution in [0.15, 0.2) is 52.8 Å². The lowest BCUT2D eigenvalue weighted by Crippen LogP contribution is -2.18. The van der Waals surface area contributed by atoms with E-state index in [1.54, 1.807) is 12.1 Å². The quantitative estimate of drug-likeness (QED) is 0.611. The molecule has 0 aromatic heterocycles. The minimum absolute atomic E-state index is 0.298. The fourth-order valence-corrected chi connectivity index (χ4v) is 1.67. The van der Waals surface area contributed by atoms with Gasteiger partial charge in [0.15, 0.2) is 0 Å². The molecule has 0 saturated carbocycles. The Balaban J connectivity index is 2.68. The molecule has 0 saturated heterocycles. The Morgan fingerprint density at radius 2 is 1.75 bits per heavy atom. The molecule has 3 heteroatoms. The Morgan fingerprint density at radius 3 is 2.25 bits per heavy atom. The van der Waals surface area contributed by atoms with Crippen molar-refractivity contribution in [3.8, 4) is 5.75 Å². The van der Waals surface area contributed by atoms with Gasteiger partial charge in [-0.2, -0.15) is 0 Å². The van der Waals surface area contributed by atoms with E-state index >= 15 is 0 Å². The van der Waals surface area contributed by atoms with Crippen molar-refractivity contribution in [2.75, 3.05) is 6.54 Å². The molecule has 0 heterocycles. The predicted molar refractivity (Wildman–Crippen MR) is 86.1 cm³/mol. The molecule has 1 aromatic carbocycles. The Kier molecular flexibility index (Phi) is 6.04. The fourth-order valence-electron chi connectivity index (χ4n) is 1.67. The number of phenols is 1. The molecule has 3 nitrogen and oxygen atoms in total. The van der Waals surface area contributed by atoms with Crippen molar-refractivity contribution < 1.29 is 5.11 Å². The molecule has 20 heavy (non-hydrogen) atoms. The average molecular weight is 272 g/mol. The lowest BCUT2D eigenvalue weighted by molar-refractivity contribution is 0.475. The van der Waals surface area contributed by atoms with Crippen LogP contribution in [0.5, 0.6) is 5.75 Å². The zero-order valence-corrected chi connectivity index (χ0v) is 12.8. The van der Waals surface area contributed by atoms with E-state index in [0.717, 1.165) is 35.6 Å². The molecule has 0 fully saturated rings. The van der Waals surface area contributed by atoms with Crippen LogP contribution in [0.4, 0.5) is 0 Å². The Labute approximate surface area is 121 Å².